The van der Waals surface area contributed by atoms with Crippen molar-refractivity contribution in [3.63, 3.8) is 0 Å². The van der Waals surface area contributed by atoms with Crippen LogP contribution in [0.15, 0.2) is 91.0 Å². The molecule has 0 amide bonds. The van der Waals surface area contributed by atoms with E-state index in [0.29, 0.717) is 11.8 Å². The van der Waals surface area contributed by atoms with E-state index in [0.717, 1.165) is 13.1 Å². The molecule has 0 saturated heterocycles. The third kappa shape index (κ3) is 3.66. The Hall–Kier alpha value is -1.80. The topological polar surface area (TPSA) is 3.24 Å². The smallest absolute Gasteiger partial charge is 0.0973 e. The minimum Gasteiger partial charge on any atom is -0.284 e. The molecule has 3 aromatic carbocycles. The highest BCUT2D eigenvalue weighted by molar-refractivity contribution is 6.18. The molecule has 0 bridgehead atoms. The largest absolute Gasteiger partial charge is 0.284 e. The molecule has 0 spiro atoms. The lowest BCUT2D eigenvalue weighted by Crippen LogP contribution is -2.49. The highest BCUT2D eigenvalue weighted by Gasteiger charge is 2.41. The zero-order chi connectivity index (χ0) is 18.2. The van der Waals surface area contributed by atoms with Crippen molar-refractivity contribution in [1.29, 1.82) is 0 Å². The summed E-state index contributed by atoms with van der Waals surface area (Å²) in [5.41, 5.74) is 3.21. The van der Waals surface area contributed by atoms with Crippen molar-refractivity contribution in [3.8, 4) is 0 Å². The highest BCUT2D eigenvalue weighted by Crippen LogP contribution is 2.42. The second-order valence-corrected chi connectivity index (χ2v) is 6.93. The van der Waals surface area contributed by atoms with Gasteiger partial charge in [0, 0.05) is 24.8 Å². The van der Waals surface area contributed by atoms with E-state index in [1.54, 1.807) is 0 Å². The number of rotatable bonds is 8. The zero-order valence-electron chi connectivity index (χ0n) is 14.7. The fraction of sp³-hybridized carbons (Fsp3) is 0.217. The Labute approximate surface area is 166 Å². The lowest BCUT2D eigenvalue weighted by molar-refractivity contribution is 0.178. The molecule has 0 heterocycles. The fourth-order valence-corrected chi connectivity index (χ4v) is 4.15. The van der Waals surface area contributed by atoms with Gasteiger partial charge >= 0.3 is 0 Å². The number of nitrogens with zero attached hydrogens (tertiary/aromatic N) is 1. The molecule has 3 rings (SSSR count). The average molecular weight is 384 g/mol. The SMILES string of the molecule is ClCCN(CCCl)C(c1ccccc1)(c1ccccc1)c1ccccc1. The van der Waals surface area contributed by atoms with Crippen LogP contribution >= 0.6 is 23.2 Å². The van der Waals surface area contributed by atoms with Gasteiger partial charge in [-0.25, -0.2) is 0 Å². The van der Waals surface area contributed by atoms with E-state index in [1.165, 1.54) is 16.7 Å². The Kier molecular flexibility index (Phi) is 6.73. The van der Waals surface area contributed by atoms with E-state index < -0.39 is 5.54 Å². The Balaban J connectivity index is 2.34. The van der Waals surface area contributed by atoms with Crippen LogP contribution in [0.1, 0.15) is 16.7 Å². The molecule has 0 fully saturated rings. The predicted molar refractivity (Wildman–Crippen MR) is 112 cm³/mol. The number of alkyl halides is 2. The summed E-state index contributed by atoms with van der Waals surface area (Å²) in [7, 11) is 0. The third-order valence-electron chi connectivity index (χ3n) is 4.76. The zero-order valence-corrected chi connectivity index (χ0v) is 16.2. The first-order chi connectivity index (χ1) is 12.8. The number of hydrogen-bond donors (Lipinski definition) is 0. The monoisotopic (exact) mass is 383 g/mol. The Morgan fingerprint density at radius 1 is 0.538 bits per heavy atom. The number of halogens is 2. The molecule has 0 aliphatic heterocycles. The van der Waals surface area contributed by atoms with Crippen LogP contribution in [0.2, 0.25) is 0 Å². The highest BCUT2D eigenvalue weighted by atomic mass is 35.5. The van der Waals surface area contributed by atoms with Gasteiger partial charge < -0.3 is 0 Å². The molecular weight excluding hydrogens is 361 g/mol. The summed E-state index contributed by atoms with van der Waals surface area (Å²) in [5.74, 6) is 1.09. The predicted octanol–water partition coefficient (Wildman–Crippen LogP) is 5.76. The number of hydrogen-bond acceptors (Lipinski definition) is 1. The van der Waals surface area contributed by atoms with Crippen molar-refractivity contribution in [3.05, 3.63) is 108 Å². The van der Waals surface area contributed by atoms with Crippen LogP contribution in [0.5, 0.6) is 0 Å². The van der Waals surface area contributed by atoms with Gasteiger partial charge in [0.15, 0.2) is 0 Å². The van der Waals surface area contributed by atoms with Crippen molar-refractivity contribution in [1.82, 2.24) is 4.90 Å². The number of benzene rings is 3. The summed E-state index contributed by atoms with van der Waals surface area (Å²) in [6.45, 7) is 1.49. The van der Waals surface area contributed by atoms with Gasteiger partial charge in [0.05, 0.1) is 5.54 Å². The molecule has 0 atom stereocenters. The van der Waals surface area contributed by atoms with Crippen molar-refractivity contribution >= 4 is 23.2 Å². The van der Waals surface area contributed by atoms with Crippen molar-refractivity contribution in [2.75, 3.05) is 24.8 Å². The fourth-order valence-electron chi connectivity index (χ4n) is 3.74. The Morgan fingerprint density at radius 3 is 1.12 bits per heavy atom. The summed E-state index contributed by atoms with van der Waals surface area (Å²) in [6.07, 6.45) is 0. The molecule has 1 nitrogen and oxygen atoms in total. The van der Waals surface area contributed by atoms with Crippen LogP contribution in [-0.2, 0) is 5.54 Å². The van der Waals surface area contributed by atoms with E-state index in [9.17, 15) is 0 Å². The minimum atomic E-state index is -0.437. The molecule has 0 N–H and O–H groups in total. The average Bonchev–Trinajstić information content (AvgIpc) is 2.71. The van der Waals surface area contributed by atoms with Gasteiger partial charge in [0.2, 0.25) is 0 Å². The molecule has 0 aliphatic carbocycles. The summed E-state index contributed by atoms with van der Waals surface area (Å²) < 4.78 is 0. The second-order valence-electron chi connectivity index (χ2n) is 6.17. The first-order valence-electron chi connectivity index (χ1n) is 8.87. The van der Waals surface area contributed by atoms with Gasteiger partial charge in [-0.15, -0.1) is 23.2 Å². The third-order valence-corrected chi connectivity index (χ3v) is 5.10. The van der Waals surface area contributed by atoms with Gasteiger partial charge in [-0.3, -0.25) is 4.90 Å². The Morgan fingerprint density at radius 2 is 0.846 bits per heavy atom. The van der Waals surface area contributed by atoms with Crippen molar-refractivity contribution in [2.24, 2.45) is 0 Å². The van der Waals surface area contributed by atoms with Crippen LogP contribution in [-0.4, -0.2) is 29.7 Å². The van der Waals surface area contributed by atoms with Gasteiger partial charge in [-0.1, -0.05) is 91.0 Å². The van der Waals surface area contributed by atoms with Crippen molar-refractivity contribution in [2.45, 2.75) is 5.54 Å². The molecule has 0 saturated carbocycles. The Bertz CT molecular complexity index is 672. The lowest BCUT2D eigenvalue weighted by atomic mass is 9.75. The van der Waals surface area contributed by atoms with Crippen LogP contribution in [0.4, 0.5) is 0 Å². The summed E-state index contributed by atoms with van der Waals surface area (Å²) in [5, 5.41) is 0. The molecule has 3 aromatic rings. The van der Waals surface area contributed by atoms with Gasteiger partial charge in [0.25, 0.3) is 0 Å². The van der Waals surface area contributed by atoms with Crippen LogP contribution in [0.25, 0.3) is 0 Å². The molecule has 134 valence electrons. The molecule has 26 heavy (non-hydrogen) atoms. The van der Waals surface area contributed by atoms with Gasteiger partial charge in [-0.2, -0.15) is 0 Å². The van der Waals surface area contributed by atoms with Crippen LogP contribution < -0.4 is 0 Å². The van der Waals surface area contributed by atoms with Crippen LogP contribution in [0, 0.1) is 0 Å². The summed E-state index contributed by atoms with van der Waals surface area (Å²) in [6, 6.07) is 31.9. The molecule has 0 radical (unpaired) electrons. The quantitative estimate of drug-likeness (QED) is 0.353. The van der Waals surface area contributed by atoms with Gasteiger partial charge in [-0.05, 0) is 16.7 Å². The standard InChI is InChI=1S/C23H23Cl2N/c24-16-18-26(19-17-25)23(20-10-4-1-5-11-20,21-12-6-2-7-13-21)22-14-8-3-9-15-22/h1-15H,16-19H2. The van der Waals surface area contributed by atoms with Gasteiger partial charge in [0.1, 0.15) is 0 Å². The molecular formula is C23H23Cl2N. The van der Waals surface area contributed by atoms with E-state index >= 15 is 0 Å². The summed E-state index contributed by atoms with van der Waals surface area (Å²) in [4.78, 5) is 2.40. The maximum atomic E-state index is 6.22. The first kappa shape index (κ1) is 19.0. The normalized spacial score (nSPS) is 11.7. The van der Waals surface area contributed by atoms with E-state index in [4.69, 9.17) is 23.2 Å². The second kappa shape index (κ2) is 9.23. The van der Waals surface area contributed by atoms with E-state index in [2.05, 4.69) is 95.9 Å². The van der Waals surface area contributed by atoms with E-state index in [-0.39, 0.29) is 0 Å². The van der Waals surface area contributed by atoms with E-state index in [1.807, 2.05) is 0 Å². The molecule has 0 aromatic heterocycles. The van der Waals surface area contributed by atoms with Crippen LogP contribution in [0.3, 0.4) is 0 Å². The maximum absolute atomic E-state index is 6.22. The molecule has 3 heteroatoms. The van der Waals surface area contributed by atoms with Crippen molar-refractivity contribution < 1.29 is 0 Å². The molecule has 0 aliphatic rings. The summed E-state index contributed by atoms with van der Waals surface area (Å²) >= 11 is 12.4. The molecule has 0 unspecified atom stereocenters. The maximum Gasteiger partial charge on any atom is 0.0973 e. The minimum absolute atomic E-state index is 0.437. The first-order valence-corrected chi connectivity index (χ1v) is 9.94. The lowest BCUT2D eigenvalue weighted by Gasteiger charge is -2.45.